The minimum Gasteiger partial charge on any atom is -0.454 e. The van der Waals surface area contributed by atoms with Crippen LogP contribution in [-0.4, -0.2) is 5.11 Å². The van der Waals surface area contributed by atoms with Crippen LogP contribution in [0, 0.1) is 25.5 Å². The molecule has 0 bridgehead atoms. The maximum absolute atomic E-state index is 14.1. The van der Waals surface area contributed by atoms with Crippen LogP contribution in [0.1, 0.15) is 30.5 Å². The first-order valence-corrected chi connectivity index (χ1v) is 6.65. The molecule has 4 heteroatoms. The summed E-state index contributed by atoms with van der Waals surface area (Å²) in [6.45, 7) is 6.57. The van der Waals surface area contributed by atoms with E-state index >= 15 is 0 Å². The summed E-state index contributed by atoms with van der Waals surface area (Å²) in [7, 11) is 0. The number of aryl methyl sites for hydroxylation is 2. The van der Waals surface area contributed by atoms with E-state index in [1.807, 2.05) is 0 Å². The number of halogens is 2. The van der Waals surface area contributed by atoms with Crippen molar-refractivity contribution in [2.45, 2.75) is 33.3 Å². The van der Waals surface area contributed by atoms with Crippen LogP contribution in [0.3, 0.4) is 0 Å². The lowest BCUT2D eigenvalue weighted by molar-refractivity contribution is 0.0781. The summed E-state index contributed by atoms with van der Waals surface area (Å²) in [5.41, 5.74) is 0.526. The van der Waals surface area contributed by atoms with E-state index in [0.29, 0.717) is 22.4 Å². The fraction of sp³-hybridized carbons (Fsp3) is 0.294. The summed E-state index contributed by atoms with van der Waals surface area (Å²) in [6.07, 6.45) is 0. The van der Waals surface area contributed by atoms with E-state index in [1.165, 1.54) is 24.3 Å². The van der Waals surface area contributed by atoms with Gasteiger partial charge in [-0.25, -0.2) is 8.78 Å². The average Bonchev–Trinajstić information content (AvgIpc) is 2.33. The highest BCUT2D eigenvalue weighted by molar-refractivity contribution is 5.44. The molecule has 0 saturated heterocycles. The largest absolute Gasteiger partial charge is 0.454 e. The molecule has 0 amide bonds. The molecular weight excluding hydrogens is 274 g/mol. The van der Waals surface area contributed by atoms with E-state index < -0.39 is 11.4 Å². The molecule has 0 heterocycles. The van der Waals surface area contributed by atoms with Gasteiger partial charge in [-0.05, 0) is 68.7 Å². The Bertz CT molecular complexity index is 650. The Morgan fingerprint density at radius 1 is 1.00 bits per heavy atom. The van der Waals surface area contributed by atoms with Crippen molar-refractivity contribution in [2.75, 3.05) is 0 Å². The van der Waals surface area contributed by atoms with Crippen molar-refractivity contribution in [3.05, 3.63) is 58.7 Å². The molecule has 0 saturated carbocycles. The van der Waals surface area contributed by atoms with E-state index in [4.69, 9.17) is 4.74 Å². The molecule has 21 heavy (non-hydrogen) atoms. The SMILES string of the molecule is Cc1cc(F)cc(C)c1Oc1ccc(C(C)(C)O)cc1F. The topological polar surface area (TPSA) is 29.5 Å². The summed E-state index contributed by atoms with van der Waals surface area (Å²) in [5.74, 6) is -0.444. The molecule has 0 aliphatic rings. The molecular formula is C17H18F2O2. The van der Waals surface area contributed by atoms with Gasteiger partial charge in [0.05, 0.1) is 5.60 Å². The predicted octanol–water partition coefficient (Wildman–Crippen LogP) is 4.60. The molecule has 1 N–H and O–H groups in total. The molecule has 0 unspecified atom stereocenters. The number of ether oxygens (including phenoxy) is 1. The van der Waals surface area contributed by atoms with Gasteiger partial charge in [-0.1, -0.05) is 6.07 Å². The van der Waals surface area contributed by atoms with Crippen LogP contribution >= 0.6 is 0 Å². The van der Waals surface area contributed by atoms with Crippen molar-refractivity contribution in [2.24, 2.45) is 0 Å². The first kappa shape index (κ1) is 15.4. The highest BCUT2D eigenvalue weighted by atomic mass is 19.1. The Hall–Kier alpha value is -1.94. The van der Waals surface area contributed by atoms with Crippen molar-refractivity contribution in [1.82, 2.24) is 0 Å². The van der Waals surface area contributed by atoms with Crippen LogP contribution < -0.4 is 4.74 Å². The molecule has 2 nitrogen and oxygen atoms in total. The fourth-order valence-corrected chi connectivity index (χ4v) is 2.13. The Kier molecular flexibility index (Phi) is 4.01. The number of benzene rings is 2. The van der Waals surface area contributed by atoms with Gasteiger partial charge in [0.25, 0.3) is 0 Å². The maximum Gasteiger partial charge on any atom is 0.166 e. The Morgan fingerprint density at radius 3 is 2.05 bits per heavy atom. The Morgan fingerprint density at radius 2 is 1.57 bits per heavy atom. The number of hydrogen-bond acceptors (Lipinski definition) is 2. The normalized spacial score (nSPS) is 11.6. The summed E-state index contributed by atoms with van der Waals surface area (Å²) in [6, 6.07) is 6.98. The van der Waals surface area contributed by atoms with Gasteiger partial charge in [0.15, 0.2) is 11.6 Å². The van der Waals surface area contributed by atoms with E-state index in [9.17, 15) is 13.9 Å². The number of rotatable bonds is 3. The van der Waals surface area contributed by atoms with Crippen molar-refractivity contribution in [1.29, 1.82) is 0 Å². The van der Waals surface area contributed by atoms with Gasteiger partial charge in [-0.15, -0.1) is 0 Å². The highest BCUT2D eigenvalue weighted by Gasteiger charge is 2.19. The van der Waals surface area contributed by atoms with E-state index in [1.54, 1.807) is 33.8 Å². The first-order valence-electron chi connectivity index (χ1n) is 6.65. The van der Waals surface area contributed by atoms with Crippen LogP contribution in [0.5, 0.6) is 11.5 Å². The zero-order chi connectivity index (χ0) is 15.8. The van der Waals surface area contributed by atoms with E-state index in [2.05, 4.69) is 0 Å². The second kappa shape index (κ2) is 5.45. The Labute approximate surface area is 123 Å². The fourth-order valence-electron chi connectivity index (χ4n) is 2.13. The van der Waals surface area contributed by atoms with Crippen LogP contribution in [0.4, 0.5) is 8.78 Å². The molecule has 0 aliphatic heterocycles. The Balaban J connectivity index is 2.37. The zero-order valence-electron chi connectivity index (χ0n) is 12.5. The van der Waals surface area contributed by atoms with Gasteiger partial charge >= 0.3 is 0 Å². The summed E-state index contributed by atoms with van der Waals surface area (Å²) >= 11 is 0. The van der Waals surface area contributed by atoms with Gasteiger partial charge in [0.1, 0.15) is 11.6 Å². The third-order valence-electron chi connectivity index (χ3n) is 3.28. The molecule has 0 atom stereocenters. The molecule has 0 aromatic heterocycles. The molecule has 0 radical (unpaired) electrons. The summed E-state index contributed by atoms with van der Waals surface area (Å²) in [4.78, 5) is 0. The smallest absolute Gasteiger partial charge is 0.166 e. The molecule has 112 valence electrons. The van der Waals surface area contributed by atoms with Gasteiger partial charge in [-0.3, -0.25) is 0 Å². The lowest BCUT2D eigenvalue weighted by Gasteiger charge is -2.19. The number of hydrogen-bond donors (Lipinski definition) is 1. The van der Waals surface area contributed by atoms with Crippen molar-refractivity contribution >= 4 is 0 Å². The predicted molar refractivity (Wildman–Crippen MR) is 77.6 cm³/mol. The quantitative estimate of drug-likeness (QED) is 0.895. The van der Waals surface area contributed by atoms with E-state index in [0.717, 1.165) is 0 Å². The lowest BCUT2D eigenvalue weighted by Crippen LogP contribution is -2.15. The molecule has 0 spiro atoms. The van der Waals surface area contributed by atoms with Gasteiger partial charge < -0.3 is 9.84 Å². The highest BCUT2D eigenvalue weighted by Crippen LogP contribution is 2.32. The average molecular weight is 292 g/mol. The maximum atomic E-state index is 14.1. The number of aliphatic hydroxyl groups is 1. The third-order valence-corrected chi connectivity index (χ3v) is 3.28. The van der Waals surface area contributed by atoms with Crippen molar-refractivity contribution in [3.63, 3.8) is 0 Å². The molecule has 0 aliphatic carbocycles. The van der Waals surface area contributed by atoms with Crippen LogP contribution in [-0.2, 0) is 5.60 Å². The van der Waals surface area contributed by atoms with Crippen LogP contribution in [0.25, 0.3) is 0 Å². The van der Waals surface area contributed by atoms with Crippen molar-refractivity contribution in [3.8, 4) is 11.5 Å². The van der Waals surface area contributed by atoms with Crippen LogP contribution in [0.2, 0.25) is 0 Å². The monoisotopic (exact) mass is 292 g/mol. The lowest BCUT2D eigenvalue weighted by atomic mass is 9.98. The zero-order valence-corrected chi connectivity index (χ0v) is 12.5. The summed E-state index contributed by atoms with van der Waals surface area (Å²) in [5, 5.41) is 9.86. The second-order valence-corrected chi connectivity index (χ2v) is 5.67. The first-order chi connectivity index (χ1) is 9.68. The molecule has 2 rings (SSSR count). The summed E-state index contributed by atoms with van der Waals surface area (Å²) < 4.78 is 32.9. The molecule has 0 fully saturated rings. The minimum atomic E-state index is -1.12. The van der Waals surface area contributed by atoms with Crippen LogP contribution in [0.15, 0.2) is 30.3 Å². The van der Waals surface area contributed by atoms with Gasteiger partial charge in [-0.2, -0.15) is 0 Å². The van der Waals surface area contributed by atoms with Gasteiger partial charge in [0.2, 0.25) is 0 Å². The third kappa shape index (κ3) is 3.39. The minimum absolute atomic E-state index is 0.0424. The second-order valence-electron chi connectivity index (χ2n) is 5.67. The van der Waals surface area contributed by atoms with Gasteiger partial charge in [0, 0.05) is 0 Å². The molecule has 2 aromatic rings. The van der Waals surface area contributed by atoms with Crippen molar-refractivity contribution < 1.29 is 18.6 Å². The van der Waals surface area contributed by atoms with E-state index in [-0.39, 0.29) is 11.6 Å². The molecule has 2 aromatic carbocycles. The standard InChI is InChI=1S/C17H18F2O2/c1-10-7-13(18)8-11(2)16(10)21-15-6-5-12(9-14(15)19)17(3,4)20/h5-9,20H,1-4H3.